The van der Waals surface area contributed by atoms with Crippen LogP contribution in [-0.4, -0.2) is 47.6 Å². The minimum absolute atomic E-state index is 0.0737. The first-order valence-electron chi connectivity index (χ1n) is 5.39. The van der Waals surface area contributed by atoms with Crippen molar-refractivity contribution in [1.82, 2.24) is 10.2 Å². The van der Waals surface area contributed by atoms with Gasteiger partial charge in [-0.1, -0.05) is 13.3 Å². The molecular formula is C10H18N2O3. The maximum atomic E-state index is 11.6. The van der Waals surface area contributed by atoms with Crippen molar-refractivity contribution in [2.24, 2.45) is 0 Å². The summed E-state index contributed by atoms with van der Waals surface area (Å²) in [4.78, 5) is 24.0. The highest BCUT2D eigenvalue weighted by Crippen LogP contribution is 2.05. The molecule has 2 N–H and O–H groups in total. The predicted molar refractivity (Wildman–Crippen MR) is 55.5 cm³/mol. The smallest absolute Gasteiger partial charge is 0.322 e. The van der Waals surface area contributed by atoms with E-state index in [1.165, 1.54) is 0 Å². The van der Waals surface area contributed by atoms with Crippen LogP contribution in [0, 0.1) is 0 Å². The molecule has 0 aromatic rings. The Kier molecular flexibility index (Phi) is 4.55. The van der Waals surface area contributed by atoms with E-state index in [1.54, 1.807) is 4.90 Å². The van der Waals surface area contributed by atoms with Crippen molar-refractivity contribution in [3.63, 3.8) is 0 Å². The maximum Gasteiger partial charge on any atom is 0.322 e. The highest BCUT2D eigenvalue weighted by Gasteiger charge is 2.26. The van der Waals surface area contributed by atoms with E-state index in [9.17, 15) is 9.59 Å². The lowest BCUT2D eigenvalue weighted by atomic mass is 10.1. The fraction of sp³-hybridized carbons (Fsp3) is 0.800. The number of carboxylic acids is 1. The van der Waals surface area contributed by atoms with Crippen molar-refractivity contribution in [3.8, 4) is 0 Å². The monoisotopic (exact) mass is 214 g/mol. The Morgan fingerprint density at radius 3 is 2.87 bits per heavy atom. The molecule has 1 rings (SSSR count). The Hall–Kier alpha value is -1.10. The molecule has 0 aromatic carbocycles. The van der Waals surface area contributed by atoms with E-state index < -0.39 is 12.0 Å². The number of unbranched alkanes of at least 4 members (excludes halogenated alkanes) is 1. The van der Waals surface area contributed by atoms with Crippen LogP contribution in [0.5, 0.6) is 0 Å². The van der Waals surface area contributed by atoms with E-state index in [0.29, 0.717) is 19.5 Å². The normalized spacial score (nSPS) is 21.4. The third kappa shape index (κ3) is 3.51. The zero-order chi connectivity index (χ0) is 11.3. The molecule has 0 aliphatic carbocycles. The Morgan fingerprint density at radius 2 is 2.27 bits per heavy atom. The van der Waals surface area contributed by atoms with Crippen molar-refractivity contribution < 1.29 is 14.7 Å². The van der Waals surface area contributed by atoms with Gasteiger partial charge in [-0.2, -0.15) is 0 Å². The van der Waals surface area contributed by atoms with Crippen LogP contribution in [0.3, 0.4) is 0 Å². The molecule has 86 valence electrons. The fourth-order valence-corrected chi connectivity index (χ4v) is 1.63. The van der Waals surface area contributed by atoms with Gasteiger partial charge in [0, 0.05) is 26.1 Å². The van der Waals surface area contributed by atoms with Gasteiger partial charge >= 0.3 is 5.97 Å². The third-order valence-electron chi connectivity index (χ3n) is 2.57. The number of rotatable bonds is 4. The molecular weight excluding hydrogens is 196 g/mol. The molecule has 1 heterocycles. The quantitative estimate of drug-likeness (QED) is 0.694. The zero-order valence-corrected chi connectivity index (χ0v) is 9.03. The average Bonchev–Trinajstić information content (AvgIpc) is 2.26. The number of nitrogens with one attached hydrogen (secondary N) is 1. The van der Waals surface area contributed by atoms with E-state index in [4.69, 9.17) is 5.11 Å². The summed E-state index contributed by atoms with van der Waals surface area (Å²) in [6.07, 6.45) is 2.39. The summed E-state index contributed by atoms with van der Waals surface area (Å²) < 4.78 is 0. The molecule has 15 heavy (non-hydrogen) atoms. The molecule has 1 amide bonds. The van der Waals surface area contributed by atoms with Gasteiger partial charge in [0.15, 0.2) is 0 Å². The topological polar surface area (TPSA) is 69.6 Å². The largest absolute Gasteiger partial charge is 0.480 e. The van der Waals surface area contributed by atoms with Crippen molar-refractivity contribution >= 4 is 11.9 Å². The molecule has 0 radical (unpaired) electrons. The van der Waals surface area contributed by atoms with E-state index >= 15 is 0 Å². The number of hydrogen-bond acceptors (Lipinski definition) is 3. The second-order valence-corrected chi connectivity index (χ2v) is 3.79. The number of carbonyl (C=O) groups is 2. The van der Waals surface area contributed by atoms with Crippen molar-refractivity contribution in [1.29, 1.82) is 0 Å². The van der Waals surface area contributed by atoms with Gasteiger partial charge in [-0.3, -0.25) is 9.59 Å². The zero-order valence-electron chi connectivity index (χ0n) is 9.03. The second-order valence-electron chi connectivity index (χ2n) is 3.79. The number of piperazine rings is 1. The molecule has 1 aliphatic heterocycles. The van der Waals surface area contributed by atoms with E-state index in [2.05, 4.69) is 5.32 Å². The first-order chi connectivity index (χ1) is 7.15. The number of carboxylic acid groups (broad SMARTS) is 1. The van der Waals surface area contributed by atoms with Crippen LogP contribution >= 0.6 is 0 Å². The Bertz CT molecular complexity index is 243. The molecule has 1 atom stereocenters. The summed E-state index contributed by atoms with van der Waals surface area (Å²) in [5.74, 6) is -0.812. The highest BCUT2D eigenvalue weighted by atomic mass is 16.4. The van der Waals surface area contributed by atoms with Gasteiger partial charge in [-0.15, -0.1) is 0 Å². The van der Waals surface area contributed by atoms with Gasteiger partial charge < -0.3 is 15.3 Å². The third-order valence-corrected chi connectivity index (χ3v) is 2.57. The van der Waals surface area contributed by atoms with Gasteiger partial charge in [-0.05, 0) is 6.42 Å². The first kappa shape index (κ1) is 12.0. The lowest BCUT2D eigenvalue weighted by Crippen LogP contribution is -2.55. The summed E-state index contributed by atoms with van der Waals surface area (Å²) in [6, 6.07) is -0.607. The van der Waals surface area contributed by atoms with Gasteiger partial charge in [0.1, 0.15) is 6.04 Å². The Morgan fingerprint density at radius 1 is 1.53 bits per heavy atom. The lowest BCUT2D eigenvalue weighted by molar-refractivity contribution is -0.142. The van der Waals surface area contributed by atoms with Crippen LogP contribution in [0.15, 0.2) is 0 Å². The number of carbonyl (C=O) groups excluding carboxylic acids is 1. The molecule has 1 aliphatic rings. The van der Waals surface area contributed by atoms with Gasteiger partial charge in [0.05, 0.1) is 0 Å². The summed E-state index contributed by atoms with van der Waals surface area (Å²) in [5.41, 5.74) is 0. The SMILES string of the molecule is CCCCC(=O)N1CCNC(C(=O)O)C1. The van der Waals surface area contributed by atoms with Crippen LogP contribution < -0.4 is 5.32 Å². The molecule has 1 fully saturated rings. The molecule has 1 saturated heterocycles. The van der Waals surface area contributed by atoms with Crippen LogP contribution in [0.2, 0.25) is 0 Å². The van der Waals surface area contributed by atoms with Crippen LogP contribution in [0.1, 0.15) is 26.2 Å². The molecule has 5 nitrogen and oxygen atoms in total. The Labute approximate surface area is 89.4 Å². The van der Waals surface area contributed by atoms with E-state index in [1.807, 2.05) is 6.92 Å². The number of amides is 1. The molecule has 1 unspecified atom stereocenters. The van der Waals surface area contributed by atoms with Crippen molar-refractivity contribution in [2.75, 3.05) is 19.6 Å². The second kappa shape index (κ2) is 5.70. The van der Waals surface area contributed by atoms with Crippen molar-refractivity contribution in [3.05, 3.63) is 0 Å². The van der Waals surface area contributed by atoms with Crippen LogP contribution in [-0.2, 0) is 9.59 Å². The standard InChI is InChI=1S/C10H18N2O3/c1-2-3-4-9(13)12-6-5-11-8(7-12)10(14)15/h8,11H,2-7H2,1H3,(H,14,15). The summed E-state index contributed by atoms with van der Waals surface area (Å²) in [5, 5.41) is 11.7. The van der Waals surface area contributed by atoms with E-state index in [-0.39, 0.29) is 12.5 Å². The first-order valence-corrected chi connectivity index (χ1v) is 5.39. The average molecular weight is 214 g/mol. The minimum Gasteiger partial charge on any atom is -0.480 e. The molecule has 0 spiro atoms. The summed E-state index contributed by atoms with van der Waals surface area (Å²) in [6.45, 7) is 3.50. The molecule has 0 aromatic heterocycles. The highest BCUT2D eigenvalue weighted by molar-refractivity contribution is 5.79. The predicted octanol–water partition coefficient (Wildman–Crippen LogP) is 0.0616. The van der Waals surface area contributed by atoms with Crippen molar-refractivity contribution in [2.45, 2.75) is 32.2 Å². The number of nitrogens with zero attached hydrogens (tertiary/aromatic N) is 1. The van der Waals surface area contributed by atoms with Gasteiger partial charge in [0.25, 0.3) is 0 Å². The van der Waals surface area contributed by atoms with Gasteiger partial charge in [0.2, 0.25) is 5.91 Å². The Balaban J connectivity index is 2.41. The van der Waals surface area contributed by atoms with E-state index in [0.717, 1.165) is 12.8 Å². The lowest BCUT2D eigenvalue weighted by Gasteiger charge is -2.31. The van der Waals surface area contributed by atoms with Gasteiger partial charge in [-0.25, -0.2) is 0 Å². The summed E-state index contributed by atoms with van der Waals surface area (Å²) in [7, 11) is 0. The number of hydrogen-bond donors (Lipinski definition) is 2. The number of aliphatic carboxylic acids is 1. The molecule has 5 heteroatoms. The molecule has 0 saturated carbocycles. The summed E-state index contributed by atoms with van der Waals surface area (Å²) >= 11 is 0. The fourth-order valence-electron chi connectivity index (χ4n) is 1.63. The minimum atomic E-state index is -0.886. The van der Waals surface area contributed by atoms with Crippen LogP contribution in [0.4, 0.5) is 0 Å². The van der Waals surface area contributed by atoms with Crippen LogP contribution in [0.25, 0.3) is 0 Å². The maximum absolute atomic E-state index is 11.6. The molecule has 0 bridgehead atoms.